The van der Waals surface area contributed by atoms with Crippen molar-refractivity contribution in [2.45, 2.75) is 5.41 Å². The molecule has 7 aromatic rings. The zero-order valence-corrected chi connectivity index (χ0v) is 28.1. The maximum absolute atomic E-state index is 14.4. The molecule has 3 aliphatic rings. The van der Waals surface area contributed by atoms with Crippen LogP contribution in [0.3, 0.4) is 0 Å². The highest BCUT2D eigenvalue weighted by molar-refractivity contribution is 6.38. The van der Waals surface area contributed by atoms with E-state index in [0.29, 0.717) is 11.4 Å². The number of hydrazine groups is 1. The van der Waals surface area contributed by atoms with Crippen molar-refractivity contribution in [1.29, 1.82) is 0 Å². The Morgan fingerprint density at radius 2 is 0.846 bits per heavy atom. The van der Waals surface area contributed by atoms with Crippen LogP contribution in [-0.2, 0) is 15.0 Å². The van der Waals surface area contributed by atoms with E-state index in [4.69, 9.17) is 0 Å². The lowest BCUT2D eigenvalue weighted by Gasteiger charge is -2.45. The Balaban J connectivity index is 1.23. The van der Waals surface area contributed by atoms with Gasteiger partial charge in [0.25, 0.3) is 11.8 Å². The van der Waals surface area contributed by atoms with E-state index < -0.39 is 5.41 Å². The summed E-state index contributed by atoms with van der Waals surface area (Å²) in [5.74, 6) is -0.749. The largest absolute Gasteiger partial charge is 0.310 e. The lowest BCUT2D eigenvalue weighted by molar-refractivity contribution is -0.116. The Bertz CT molecular complexity index is 2470. The van der Waals surface area contributed by atoms with Gasteiger partial charge in [0, 0.05) is 5.69 Å². The van der Waals surface area contributed by atoms with Gasteiger partial charge >= 0.3 is 0 Å². The molecule has 1 saturated heterocycles. The molecule has 2 aliphatic heterocycles. The summed E-state index contributed by atoms with van der Waals surface area (Å²) in [6.07, 6.45) is 1.76. The van der Waals surface area contributed by atoms with Gasteiger partial charge < -0.3 is 4.90 Å². The van der Waals surface area contributed by atoms with Crippen LogP contribution in [-0.4, -0.2) is 11.8 Å². The maximum Gasteiger partial charge on any atom is 0.283 e. The molecule has 0 bridgehead atoms. The second-order valence-electron chi connectivity index (χ2n) is 13.3. The number of benzene rings is 7. The molecule has 0 N–H and O–H groups in total. The summed E-state index contributed by atoms with van der Waals surface area (Å²) in [5, 5.41) is 2.94. The van der Waals surface area contributed by atoms with Crippen molar-refractivity contribution in [3.63, 3.8) is 0 Å². The normalized spacial score (nSPS) is 15.0. The van der Waals surface area contributed by atoms with Gasteiger partial charge in [-0.05, 0) is 99.6 Å². The van der Waals surface area contributed by atoms with Gasteiger partial charge in [0.1, 0.15) is 5.57 Å². The molecule has 0 saturated carbocycles. The molecule has 0 radical (unpaired) electrons. The molecule has 0 atom stereocenters. The number of fused-ring (bicyclic) bond motifs is 9. The van der Waals surface area contributed by atoms with E-state index in [-0.39, 0.29) is 17.4 Å². The van der Waals surface area contributed by atoms with Crippen LogP contribution >= 0.6 is 0 Å². The zero-order chi connectivity index (χ0) is 34.8. The van der Waals surface area contributed by atoms with E-state index in [9.17, 15) is 9.59 Å². The fraction of sp³-hybridized carbons (Fsp3) is 0.0213. The molecule has 2 amide bonds. The van der Waals surface area contributed by atoms with E-state index in [1.165, 1.54) is 37.8 Å². The number of nitrogens with zero attached hydrogens (tertiary/aromatic N) is 3. The van der Waals surface area contributed by atoms with Crippen molar-refractivity contribution >= 4 is 46.3 Å². The van der Waals surface area contributed by atoms with E-state index in [0.717, 1.165) is 28.2 Å². The van der Waals surface area contributed by atoms with Crippen LogP contribution in [0, 0.1) is 0 Å². The number of amides is 2. The lowest BCUT2D eigenvalue weighted by atomic mass is 9.64. The highest BCUT2D eigenvalue weighted by Crippen LogP contribution is 2.63. The molecular formula is C47H31N3O2. The van der Waals surface area contributed by atoms with Gasteiger partial charge in [-0.3, -0.25) is 9.59 Å². The summed E-state index contributed by atoms with van der Waals surface area (Å²) < 4.78 is 0. The first kappa shape index (κ1) is 29.9. The fourth-order valence-corrected chi connectivity index (χ4v) is 8.47. The molecule has 0 aromatic heterocycles. The number of para-hydroxylation sites is 4. The number of hydrogen-bond acceptors (Lipinski definition) is 3. The van der Waals surface area contributed by atoms with Crippen LogP contribution in [0.5, 0.6) is 0 Å². The first-order valence-corrected chi connectivity index (χ1v) is 17.5. The van der Waals surface area contributed by atoms with Gasteiger partial charge in [0.15, 0.2) is 0 Å². The van der Waals surface area contributed by atoms with Crippen LogP contribution in [0.2, 0.25) is 0 Å². The van der Waals surface area contributed by atoms with Crippen molar-refractivity contribution < 1.29 is 9.59 Å². The Morgan fingerprint density at radius 1 is 0.404 bits per heavy atom. The van der Waals surface area contributed by atoms with Crippen molar-refractivity contribution in [2.24, 2.45) is 0 Å². The number of rotatable bonds is 4. The quantitative estimate of drug-likeness (QED) is 0.138. The van der Waals surface area contributed by atoms with Crippen LogP contribution < -0.4 is 14.9 Å². The van der Waals surface area contributed by atoms with Gasteiger partial charge in [0.2, 0.25) is 0 Å². The average Bonchev–Trinajstić information content (AvgIpc) is 3.64. The SMILES string of the molecule is O=C1C(=Cc2ccc3c(c2)C2(c4ccccc4-c4ccccc42)c2ccccc2N3c2ccccc2)C(=O)N(c2ccccc2)N1c1ccccc1. The van der Waals surface area contributed by atoms with E-state index in [2.05, 4.69) is 114 Å². The summed E-state index contributed by atoms with van der Waals surface area (Å²) in [6.45, 7) is 0. The predicted octanol–water partition coefficient (Wildman–Crippen LogP) is 10.2. The van der Waals surface area contributed by atoms with Crippen LogP contribution in [0.4, 0.5) is 28.4 Å². The highest BCUT2D eigenvalue weighted by Gasteiger charge is 2.52. The fourth-order valence-electron chi connectivity index (χ4n) is 8.47. The third-order valence-corrected chi connectivity index (χ3v) is 10.5. The lowest BCUT2D eigenvalue weighted by Crippen LogP contribution is -2.41. The van der Waals surface area contributed by atoms with Gasteiger partial charge in [-0.15, -0.1) is 0 Å². The summed E-state index contributed by atoms with van der Waals surface area (Å²) in [4.78, 5) is 31.0. The van der Waals surface area contributed by atoms with Crippen molar-refractivity contribution in [3.05, 3.63) is 215 Å². The Kier molecular flexibility index (Phi) is 6.63. The molecule has 7 aromatic carbocycles. The smallest absolute Gasteiger partial charge is 0.283 e. The first-order chi connectivity index (χ1) is 25.7. The van der Waals surface area contributed by atoms with Gasteiger partial charge in [-0.1, -0.05) is 127 Å². The Morgan fingerprint density at radius 3 is 1.40 bits per heavy atom. The highest BCUT2D eigenvalue weighted by atomic mass is 16.2. The van der Waals surface area contributed by atoms with Crippen LogP contribution in [0.25, 0.3) is 17.2 Å². The third-order valence-electron chi connectivity index (χ3n) is 10.5. The van der Waals surface area contributed by atoms with Crippen molar-refractivity contribution in [1.82, 2.24) is 0 Å². The third kappa shape index (κ3) is 4.17. The summed E-state index contributed by atoms with van der Waals surface area (Å²) in [6, 6.07) is 61.5. The molecule has 1 aliphatic carbocycles. The first-order valence-electron chi connectivity index (χ1n) is 17.5. The monoisotopic (exact) mass is 669 g/mol. The molecular weight excluding hydrogens is 639 g/mol. The summed E-state index contributed by atoms with van der Waals surface area (Å²) in [7, 11) is 0. The Labute approximate surface area is 301 Å². The number of carbonyl (C=O) groups excluding carboxylic acids is 2. The number of hydrogen-bond donors (Lipinski definition) is 0. The standard InChI is InChI=1S/C47H31N3O2/c51-45-38(46(52)50(35-20-8-3-9-21-35)49(45)34-18-6-2-7-19-34)30-32-28-29-44-42(31-32)47(39-24-12-10-22-36(39)37-23-11-13-25-40(37)47)41-26-14-15-27-43(41)48(44)33-16-4-1-5-17-33/h1-31H. The van der Waals surface area contributed by atoms with Gasteiger partial charge in [-0.2, -0.15) is 0 Å². The second kappa shape index (κ2) is 11.5. The van der Waals surface area contributed by atoms with Crippen molar-refractivity contribution in [2.75, 3.05) is 14.9 Å². The average molecular weight is 670 g/mol. The van der Waals surface area contributed by atoms with Crippen molar-refractivity contribution in [3.8, 4) is 11.1 Å². The molecule has 246 valence electrons. The van der Waals surface area contributed by atoms with E-state index >= 15 is 0 Å². The number of anilines is 5. The number of carbonyl (C=O) groups is 2. The van der Waals surface area contributed by atoms with Crippen LogP contribution in [0.1, 0.15) is 27.8 Å². The molecule has 52 heavy (non-hydrogen) atoms. The summed E-state index contributed by atoms with van der Waals surface area (Å²) >= 11 is 0. The minimum atomic E-state index is -0.644. The van der Waals surface area contributed by atoms with E-state index in [1.807, 2.05) is 72.8 Å². The molecule has 5 nitrogen and oxygen atoms in total. The van der Waals surface area contributed by atoms with Gasteiger partial charge in [0.05, 0.1) is 28.2 Å². The second-order valence-corrected chi connectivity index (χ2v) is 13.3. The Hall–Kier alpha value is -6.98. The molecule has 1 fully saturated rings. The summed E-state index contributed by atoms with van der Waals surface area (Å²) in [5.41, 5.74) is 11.7. The maximum atomic E-state index is 14.4. The zero-order valence-electron chi connectivity index (χ0n) is 28.1. The minimum Gasteiger partial charge on any atom is -0.310 e. The molecule has 10 rings (SSSR count). The molecule has 0 unspecified atom stereocenters. The predicted molar refractivity (Wildman–Crippen MR) is 208 cm³/mol. The topological polar surface area (TPSA) is 43.9 Å². The molecule has 2 heterocycles. The van der Waals surface area contributed by atoms with E-state index in [1.54, 1.807) is 6.08 Å². The molecule has 5 heteroatoms. The van der Waals surface area contributed by atoms with Gasteiger partial charge in [-0.25, -0.2) is 10.0 Å². The minimum absolute atomic E-state index is 0.102. The molecule has 1 spiro atoms. The van der Waals surface area contributed by atoms with Crippen LogP contribution in [0.15, 0.2) is 188 Å².